The first-order valence-corrected chi connectivity index (χ1v) is 7.86. The van der Waals surface area contributed by atoms with Crippen LogP contribution in [0.25, 0.3) is 0 Å². The molecule has 2 aliphatic rings. The molecule has 2 rings (SSSR count). The number of alkyl carbamates (subject to hydrolysis) is 1. The lowest BCUT2D eigenvalue weighted by atomic mass is 10.2. The second kappa shape index (κ2) is 7.16. The molecular weight excluding hydrogens is 316 g/mol. The summed E-state index contributed by atoms with van der Waals surface area (Å²) in [6.07, 6.45) is 1.45. The lowest BCUT2D eigenvalue weighted by Crippen LogP contribution is -2.58. The third kappa shape index (κ3) is 4.22. The molecule has 1 N–H and O–H groups in total. The van der Waals surface area contributed by atoms with E-state index in [9.17, 15) is 14.4 Å². The number of hydrogen-bond acceptors (Lipinski definition) is 7. The number of carbonyl (C=O) groups is 3. The zero-order chi connectivity index (χ0) is 17.9. The Bertz CT molecular complexity index is 542. The molecule has 2 atom stereocenters. The summed E-state index contributed by atoms with van der Waals surface area (Å²) in [5.41, 5.74) is -0.674. The van der Waals surface area contributed by atoms with E-state index in [4.69, 9.17) is 9.47 Å². The zero-order valence-corrected chi connectivity index (χ0v) is 14.4. The van der Waals surface area contributed by atoms with E-state index in [2.05, 4.69) is 10.3 Å². The molecule has 0 aromatic rings. The van der Waals surface area contributed by atoms with Gasteiger partial charge in [0.25, 0.3) is 5.91 Å². The summed E-state index contributed by atoms with van der Waals surface area (Å²) in [4.78, 5) is 40.9. The highest BCUT2D eigenvalue weighted by Crippen LogP contribution is 2.21. The number of hydrazine groups is 1. The van der Waals surface area contributed by atoms with E-state index in [1.807, 2.05) is 0 Å². The van der Waals surface area contributed by atoms with Gasteiger partial charge in [-0.05, 0) is 27.2 Å². The second-order valence-electron chi connectivity index (χ2n) is 6.67. The van der Waals surface area contributed by atoms with Gasteiger partial charge in [-0.25, -0.2) is 14.6 Å². The predicted molar refractivity (Wildman–Crippen MR) is 85.4 cm³/mol. The highest BCUT2D eigenvalue weighted by Gasteiger charge is 2.43. The van der Waals surface area contributed by atoms with Crippen LogP contribution in [0.4, 0.5) is 4.79 Å². The van der Waals surface area contributed by atoms with Crippen molar-refractivity contribution in [2.45, 2.75) is 44.9 Å². The zero-order valence-electron chi connectivity index (χ0n) is 14.4. The molecule has 0 saturated carbocycles. The van der Waals surface area contributed by atoms with Crippen LogP contribution >= 0.6 is 0 Å². The number of hydrogen-bond donors (Lipinski definition) is 1. The van der Waals surface area contributed by atoms with Crippen LogP contribution in [0.3, 0.4) is 0 Å². The molecule has 0 spiro atoms. The van der Waals surface area contributed by atoms with Crippen molar-refractivity contribution in [1.29, 1.82) is 0 Å². The summed E-state index contributed by atoms with van der Waals surface area (Å²) < 4.78 is 9.97. The SMILES string of the molecule is COC(=O)[C@@H]1CCN2CC=NC[C@H](NC(=O)OC(C)(C)C)C(=O)N12. The van der Waals surface area contributed by atoms with Crippen molar-refractivity contribution >= 4 is 24.2 Å². The van der Waals surface area contributed by atoms with Crippen molar-refractivity contribution in [3.05, 3.63) is 0 Å². The molecule has 0 aliphatic carbocycles. The first kappa shape index (κ1) is 18.2. The average molecular weight is 340 g/mol. The van der Waals surface area contributed by atoms with Gasteiger partial charge in [0.15, 0.2) is 0 Å². The van der Waals surface area contributed by atoms with E-state index in [-0.39, 0.29) is 6.54 Å². The molecule has 0 radical (unpaired) electrons. The third-order valence-electron chi connectivity index (χ3n) is 3.66. The fraction of sp³-hybridized carbons (Fsp3) is 0.733. The normalized spacial score (nSPS) is 24.8. The Morgan fingerprint density at radius 3 is 2.71 bits per heavy atom. The monoisotopic (exact) mass is 340 g/mol. The summed E-state index contributed by atoms with van der Waals surface area (Å²) in [7, 11) is 1.29. The van der Waals surface area contributed by atoms with Gasteiger partial charge in [0.1, 0.15) is 17.7 Å². The molecule has 134 valence electrons. The molecule has 9 heteroatoms. The molecule has 24 heavy (non-hydrogen) atoms. The number of nitrogens with one attached hydrogen (secondary N) is 1. The van der Waals surface area contributed by atoms with Gasteiger partial charge in [-0.1, -0.05) is 0 Å². The number of nitrogens with zero attached hydrogens (tertiary/aromatic N) is 3. The number of methoxy groups -OCH3 is 1. The van der Waals surface area contributed by atoms with E-state index < -0.39 is 35.7 Å². The Morgan fingerprint density at radius 1 is 1.38 bits per heavy atom. The Morgan fingerprint density at radius 2 is 2.08 bits per heavy atom. The highest BCUT2D eigenvalue weighted by molar-refractivity contribution is 5.90. The van der Waals surface area contributed by atoms with Gasteiger partial charge < -0.3 is 14.8 Å². The average Bonchev–Trinajstić information content (AvgIpc) is 2.88. The van der Waals surface area contributed by atoms with Gasteiger partial charge in [-0.2, -0.15) is 0 Å². The van der Waals surface area contributed by atoms with Gasteiger partial charge in [0, 0.05) is 12.8 Å². The molecular formula is C15H24N4O5. The lowest BCUT2D eigenvalue weighted by molar-refractivity contribution is -0.162. The van der Waals surface area contributed by atoms with Crippen molar-refractivity contribution in [3.8, 4) is 0 Å². The van der Waals surface area contributed by atoms with E-state index >= 15 is 0 Å². The van der Waals surface area contributed by atoms with Crippen LogP contribution in [-0.2, 0) is 19.1 Å². The van der Waals surface area contributed by atoms with Crippen molar-refractivity contribution in [3.63, 3.8) is 0 Å². The maximum absolute atomic E-state index is 12.8. The van der Waals surface area contributed by atoms with Crippen LogP contribution in [0.1, 0.15) is 27.2 Å². The third-order valence-corrected chi connectivity index (χ3v) is 3.66. The Kier molecular flexibility index (Phi) is 5.43. The van der Waals surface area contributed by atoms with Crippen LogP contribution in [0.2, 0.25) is 0 Å². The molecule has 2 heterocycles. The van der Waals surface area contributed by atoms with Gasteiger partial charge in [-0.3, -0.25) is 14.8 Å². The summed E-state index contributed by atoms with van der Waals surface area (Å²) in [6, 6.07) is -1.58. The first-order valence-electron chi connectivity index (χ1n) is 7.86. The number of ether oxygens (including phenoxy) is 2. The predicted octanol–water partition coefficient (Wildman–Crippen LogP) is -0.0450. The topological polar surface area (TPSA) is 101 Å². The molecule has 0 bridgehead atoms. The number of carbonyl (C=O) groups excluding carboxylic acids is 3. The number of rotatable bonds is 2. The number of esters is 1. The number of aliphatic imine (C=N–C) groups is 1. The minimum absolute atomic E-state index is 0.0936. The highest BCUT2D eigenvalue weighted by atomic mass is 16.6. The molecule has 1 saturated heterocycles. The summed E-state index contributed by atoms with van der Waals surface area (Å²) >= 11 is 0. The van der Waals surface area contributed by atoms with Crippen LogP contribution in [0.15, 0.2) is 4.99 Å². The van der Waals surface area contributed by atoms with E-state index in [0.29, 0.717) is 19.5 Å². The Hall–Kier alpha value is -2.16. The molecule has 0 unspecified atom stereocenters. The summed E-state index contributed by atoms with van der Waals surface area (Å²) in [5, 5.41) is 5.64. The van der Waals surface area contributed by atoms with Crippen molar-refractivity contribution in [2.75, 3.05) is 26.7 Å². The summed E-state index contributed by atoms with van der Waals surface area (Å²) in [6.45, 7) is 6.27. The quantitative estimate of drug-likeness (QED) is 0.708. The van der Waals surface area contributed by atoms with Gasteiger partial charge in [0.05, 0.1) is 20.2 Å². The smallest absolute Gasteiger partial charge is 0.408 e. The largest absolute Gasteiger partial charge is 0.467 e. The van der Waals surface area contributed by atoms with Crippen molar-refractivity contribution < 1.29 is 23.9 Å². The van der Waals surface area contributed by atoms with Gasteiger partial charge in [0.2, 0.25) is 0 Å². The molecule has 1 fully saturated rings. The fourth-order valence-electron chi connectivity index (χ4n) is 2.65. The van der Waals surface area contributed by atoms with Gasteiger partial charge >= 0.3 is 12.1 Å². The number of amides is 2. The molecule has 2 amide bonds. The maximum atomic E-state index is 12.8. The molecule has 2 aliphatic heterocycles. The van der Waals surface area contributed by atoms with E-state index in [1.54, 1.807) is 32.0 Å². The van der Waals surface area contributed by atoms with Crippen molar-refractivity contribution in [2.24, 2.45) is 4.99 Å². The second-order valence-corrected chi connectivity index (χ2v) is 6.67. The minimum Gasteiger partial charge on any atom is -0.467 e. The summed E-state index contributed by atoms with van der Waals surface area (Å²) in [5.74, 6) is -0.870. The Balaban J connectivity index is 2.15. The van der Waals surface area contributed by atoms with Crippen LogP contribution in [0, 0.1) is 0 Å². The van der Waals surface area contributed by atoms with E-state index in [1.165, 1.54) is 12.1 Å². The van der Waals surface area contributed by atoms with E-state index in [0.717, 1.165) is 0 Å². The first-order chi connectivity index (χ1) is 11.2. The van der Waals surface area contributed by atoms with Crippen LogP contribution in [-0.4, -0.2) is 78.6 Å². The molecule has 0 aromatic heterocycles. The van der Waals surface area contributed by atoms with Crippen LogP contribution < -0.4 is 5.32 Å². The minimum atomic E-state index is -0.899. The van der Waals surface area contributed by atoms with Gasteiger partial charge in [-0.15, -0.1) is 0 Å². The molecule has 0 aromatic carbocycles. The standard InChI is InChI=1S/C15H24N4O5/c1-15(2,3)24-14(22)17-10-9-16-6-8-18-7-5-11(13(21)23-4)19(18)12(10)20/h6,10-11H,5,7-9H2,1-4H3,(H,17,22)/t10-,11-/m0/s1. The van der Waals surface area contributed by atoms with Crippen molar-refractivity contribution in [1.82, 2.24) is 15.3 Å². The maximum Gasteiger partial charge on any atom is 0.408 e. The fourth-order valence-corrected chi connectivity index (χ4v) is 2.65. The number of fused-ring (bicyclic) bond motifs is 1. The Labute approximate surface area is 140 Å². The lowest BCUT2D eigenvalue weighted by Gasteiger charge is -2.34. The molecule has 9 nitrogen and oxygen atoms in total. The van der Waals surface area contributed by atoms with Crippen LogP contribution in [0.5, 0.6) is 0 Å².